The lowest BCUT2D eigenvalue weighted by Gasteiger charge is -2.36. The number of halogens is 1. The summed E-state index contributed by atoms with van der Waals surface area (Å²) >= 11 is 0. The Morgan fingerprint density at radius 1 is 1.12 bits per heavy atom. The van der Waals surface area contributed by atoms with Gasteiger partial charge in [0.25, 0.3) is 0 Å². The van der Waals surface area contributed by atoms with Crippen molar-refractivity contribution in [3.8, 4) is 5.75 Å². The molecule has 0 radical (unpaired) electrons. The van der Waals surface area contributed by atoms with E-state index in [1.165, 1.54) is 42.6 Å². The predicted molar refractivity (Wildman–Crippen MR) is 101 cm³/mol. The number of rotatable bonds is 3. The Bertz CT molecular complexity index is 702. The second kappa shape index (κ2) is 6.78. The van der Waals surface area contributed by atoms with Gasteiger partial charge in [-0.15, -0.1) is 12.4 Å². The van der Waals surface area contributed by atoms with Crippen LogP contribution in [0.3, 0.4) is 0 Å². The molecule has 1 aliphatic carbocycles. The van der Waals surface area contributed by atoms with Crippen LogP contribution < -0.4 is 4.74 Å². The quantitative estimate of drug-likeness (QED) is 0.796. The Morgan fingerprint density at radius 2 is 1.92 bits per heavy atom. The number of hydrogen-bond donors (Lipinski definition) is 0. The zero-order valence-corrected chi connectivity index (χ0v) is 15.3. The lowest BCUT2D eigenvalue weighted by Crippen LogP contribution is -2.40. The van der Waals surface area contributed by atoms with E-state index < -0.39 is 0 Å². The summed E-state index contributed by atoms with van der Waals surface area (Å²) in [5.41, 5.74) is 4.65. The summed E-state index contributed by atoms with van der Waals surface area (Å²) in [4.78, 5) is 2.71. The lowest BCUT2D eigenvalue weighted by molar-refractivity contribution is 0.134. The van der Waals surface area contributed by atoms with Crippen molar-refractivity contribution in [1.29, 1.82) is 0 Å². The molecule has 1 aliphatic heterocycles. The number of benzene rings is 2. The number of hydrogen-bond acceptors (Lipinski definition) is 2. The highest BCUT2D eigenvalue weighted by Gasteiger charge is 2.42. The van der Waals surface area contributed by atoms with E-state index in [0.717, 1.165) is 12.2 Å². The Hall–Kier alpha value is -1.51. The molecule has 1 saturated heterocycles. The van der Waals surface area contributed by atoms with E-state index in [9.17, 15) is 0 Å². The van der Waals surface area contributed by atoms with Crippen LogP contribution in [-0.2, 0) is 12.0 Å². The van der Waals surface area contributed by atoms with Crippen LogP contribution in [0.2, 0.25) is 0 Å². The fourth-order valence-corrected chi connectivity index (χ4v) is 4.48. The zero-order chi connectivity index (χ0) is 15.9. The van der Waals surface area contributed by atoms with Crippen LogP contribution in [0.25, 0.3) is 0 Å². The molecular formula is C21H26ClNO. The first-order valence-corrected chi connectivity index (χ1v) is 8.68. The number of methoxy groups -OCH3 is 1. The molecule has 0 amide bonds. The fourth-order valence-electron chi connectivity index (χ4n) is 4.48. The Balaban J connectivity index is 0.00000169. The van der Waals surface area contributed by atoms with E-state index >= 15 is 0 Å². The third-order valence-corrected chi connectivity index (χ3v) is 5.93. The van der Waals surface area contributed by atoms with Crippen molar-refractivity contribution in [3.63, 3.8) is 0 Å². The third kappa shape index (κ3) is 2.82. The molecule has 2 aliphatic rings. The molecule has 0 bridgehead atoms. The second-order valence-electron chi connectivity index (χ2n) is 7.14. The van der Waals surface area contributed by atoms with E-state index in [2.05, 4.69) is 60.4 Å². The number of nitrogens with zero attached hydrogens (tertiary/aromatic N) is 1. The Morgan fingerprint density at radius 3 is 2.67 bits per heavy atom. The Kier molecular flexibility index (Phi) is 4.89. The highest BCUT2D eigenvalue weighted by atomic mass is 35.5. The van der Waals surface area contributed by atoms with Gasteiger partial charge in [-0.1, -0.05) is 36.4 Å². The molecule has 2 aromatic carbocycles. The van der Waals surface area contributed by atoms with Crippen molar-refractivity contribution in [2.75, 3.05) is 20.2 Å². The van der Waals surface area contributed by atoms with Gasteiger partial charge in [0.2, 0.25) is 0 Å². The zero-order valence-electron chi connectivity index (χ0n) is 14.5. The summed E-state index contributed by atoms with van der Waals surface area (Å²) in [6.07, 6.45) is 3.65. The van der Waals surface area contributed by atoms with Gasteiger partial charge in [-0.3, -0.25) is 4.90 Å². The third-order valence-electron chi connectivity index (χ3n) is 5.93. The summed E-state index contributed by atoms with van der Waals surface area (Å²) < 4.78 is 5.39. The average Bonchev–Trinajstić information content (AvgIpc) is 3.22. The van der Waals surface area contributed by atoms with Crippen molar-refractivity contribution >= 4 is 12.4 Å². The molecule has 3 heteroatoms. The normalized spacial score (nSPS) is 26.0. The maximum absolute atomic E-state index is 5.39. The SMILES string of the molecule is COc1ccc2c(c1)CCC2(C)N1CCC(c2ccccc2)C1.Cl. The van der Waals surface area contributed by atoms with Crippen LogP contribution in [0.15, 0.2) is 48.5 Å². The maximum atomic E-state index is 5.39. The topological polar surface area (TPSA) is 12.5 Å². The minimum atomic E-state index is 0. The summed E-state index contributed by atoms with van der Waals surface area (Å²) in [5, 5.41) is 0. The van der Waals surface area contributed by atoms with Gasteiger partial charge < -0.3 is 4.74 Å². The van der Waals surface area contributed by atoms with Crippen molar-refractivity contribution in [3.05, 3.63) is 65.2 Å². The molecule has 2 aromatic rings. The molecule has 128 valence electrons. The minimum absolute atomic E-state index is 0. The molecule has 4 rings (SSSR count). The van der Waals surface area contributed by atoms with Crippen LogP contribution >= 0.6 is 12.4 Å². The number of ether oxygens (including phenoxy) is 1. The monoisotopic (exact) mass is 343 g/mol. The van der Waals surface area contributed by atoms with Crippen LogP contribution in [0.4, 0.5) is 0 Å². The number of likely N-dealkylation sites (tertiary alicyclic amines) is 1. The highest BCUT2D eigenvalue weighted by molar-refractivity contribution is 5.85. The summed E-state index contributed by atoms with van der Waals surface area (Å²) in [7, 11) is 1.75. The van der Waals surface area contributed by atoms with Gasteiger partial charge >= 0.3 is 0 Å². The molecule has 0 N–H and O–H groups in total. The van der Waals surface area contributed by atoms with Crippen LogP contribution in [0, 0.1) is 0 Å². The van der Waals surface area contributed by atoms with Crippen molar-refractivity contribution in [1.82, 2.24) is 4.90 Å². The van der Waals surface area contributed by atoms with Gasteiger partial charge in [-0.2, -0.15) is 0 Å². The fraction of sp³-hybridized carbons (Fsp3) is 0.429. The number of fused-ring (bicyclic) bond motifs is 1. The lowest BCUT2D eigenvalue weighted by atomic mass is 9.92. The van der Waals surface area contributed by atoms with Gasteiger partial charge in [0.05, 0.1) is 7.11 Å². The van der Waals surface area contributed by atoms with Gasteiger partial charge in [0, 0.05) is 12.1 Å². The van der Waals surface area contributed by atoms with E-state index in [1.54, 1.807) is 7.11 Å². The molecule has 1 fully saturated rings. The van der Waals surface area contributed by atoms with Gasteiger partial charge in [-0.25, -0.2) is 0 Å². The summed E-state index contributed by atoms with van der Waals surface area (Å²) in [5.74, 6) is 1.66. The van der Waals surface area contributed by atoms with Crippen LogP contribution in [0.5, 0.6) is 5.75 Å². The average molecular weight is 344 g/mol. The first-order valence-electron chi connectivity index (χ1n) is 8.68. The van der Waals surface area contributed by atoms with Crippen molar-refractivity contribution < 1.29 is 4.74 Å². The van der Waals surface area contributed by atoms with E-state index in [4.69, 9.17) is 4.74 Å². The van der Waals surface area contributed by atoms with Crippen LogP contribution in [0.1, 0.15) is 42.4 Å². The van der Waals surface area contributed by atoms with Gasteiger partial charge in [0.1, 0.15) is 5.75 Å². The highest BCUT2D eigenvalue weighted by Crippen LogP contribution is 2.45. The van der Waals surface area contributed by atoms with Crippen LogP contribution in [-0.4, -0.2) is 25.1 Å². The molecule has 2 nitrogen and oxygen atoms in total. The maximum Gasteiger partial charge on any atom is 0.119 e. The van der Waals surface area contributed by atoms with Crippen molar-refractivity contribution in [2.24, 2.45) is 0 Å². The molecule has 1 heterocycles. The summed E-state index contributed by atoms with van der Waals surface area (Å²) in [6.45, 7) is 4.80. The van der Waals surface area contributed by atoms with E-state index in [1.807, 2.05) is 0 Å². The van der Waals surface area contributed by atoms with Gasteiger partial charge in [0.15, 0.2) is 0 Å². The van der Waals surface area contributed by atoms with E-state index in [-0.39, 0.29) is 17.9 Å². The first kappa shape index (κ1) is 17.3. The largest absolute Gasteiger partial charge is 0.497 e. The molecule has 2 atom stereocenters. The molecule has 2 unspecified atom stereocenters. The molecule has 24 heavy (non-hydrogen) atoms. The number of aryl methyl sites for hydroxylation is 1. The van der Waals surface area contributed by atoms with Gasteiger partial charge in [-0.05, 0) is 67.5 Å². The van der Waals surface area contributed by atoms with Crippen molar-refractivity contribution in [2.45, 2.75) is 37.6 Å². The smallest absolute Gasteiger partial charge is 0.119 e. The first-order chi connectivity index (χ1) is 11.2. The van der Waals surface area contributed by atoms with E-state index in [0.29, 0.717) is 5.92 Å². The molecule has 0 spiro atoms. The molecular weight excluding hydrogens is 318 g/mol. The summed E-state index contributed by atoms with van der Waals surface area (Å²) in [6, 6.07) is 17.6. The predicted octanol–water partition coefficient (Wildman–Crippen LogP) is 4.77. The second-order valence-corrected chi connectivity index (χ2v) is 7.14. The molecule has 0 saturated carbocycles. The standard InChI is InChI=1S/C21H25NO.ClH/c1-21(12-10-17-14-19(23-2)8-9-20(17)21)22-13-11-18(15-22)16-6-4-3-5-7-16;/h3-9,14,18H,10-13,15H2,1-2H3;1H. The minimum Gasteiger partial charge on any atom is -0.497 e. The molecule has 0 aromatic heterocycles. The Labute approximate surface area is 151 Å².